The van der Waals surface area contributed by atoms with Gasteiger partial charge in [0.1, 0.15) is 5.82 Å². The van der Waals surface area contributed by atoms with Crippen molar-refractivity contribution in [1.29, 1.82) is 0 Å². The minimum absolute atomic E-state index is 0.163. The van der Waals surface area contributed by atoms with Gasteiger partial charge in [-0.15, -0.1) is 0 Å². The van der Waals surface area contributed by atoms with Crippen molar-refractivity contribution in [3.05, 3.63) is 65.5 Å². The van der Waals surface area contributed by atoms with E-state index in [4.69, 9.17) is 0 Å². The second-order valence-corrected chi connectivity index (χ2v) is 8.87. The van der Waals surface area contributed by atoms with Crippen LogP contribution in [0.2, 0.25) is 0 Å². The maximum absolute atomic E-state index is 12.9. The summed E-state index contributed by atoms with van der Waals surface area (Å²) in [5, 5.41) is 2.79. The first-order valence-corrected chi connectivity index (χ1v) is 10.6. The zero-order chi connectivity index (χ0) is 20.1. The Morgan fingerprint density at radius 3 is 2.14 bits per heavy atom. The Balaban J connectivity index is 1.55. The van der Waals surface area contributed by atoms with Crippen LogP contribution in [0.5, 0.6) is 0 Å². The number of carbonyl (C=O) groups is 1. The first-order valence-electron chi connectivity index (χ1n) is 9.13. The van der Waals surface area contributed by atoms with Crippen molar-refractivity contribution < 1.29 is 17.6 Å². The number of nitrogens with zero attached hydrogens (tertiary/aromatic N) is 2. The van der Waals surface area contributed by atoms with Crippen molar-refractivity contribution in [2.24, 2.45) is 0 Å². The quantitative estimate of drug-likeness (QED) is 0.793. The first kappa shape index (κ1) is 20.4. The van der Waals surface area contributed by atoms with Gasteiger partial charge in [-0.2, -0.15) is 4.31 Å². The predicted molar refractivity (Wildman–Crippen MR) is 105 cm³/mol. The van der Waals surface area contributed by atoms with E-state index in [9.17, 15) is 17.6 Å². The van der Waals surface area contributed by atoms with E-state index in [0.29, 0.717) is 19.6 Å². The largest absolute Gasteiger partial charge is 0.352 e. The maximum Gasteiger partial charge on any atom is 0.243 e. The molecule has 1 aliphatic heterocycles. The lowest BCUT2D eigenvalue weighted by molar-refractivity contribution is -0.120. The van der Waals surface area contributed by atoms with Crippen LogP contribution in [0.15, 0.2) is 53.4 Å². The lowest BCUT2D eigenvalue weighted by Gasteiger charge is -2.31. The summed E-state index contributed by atoms with van der Waals surface area (Å²) in [6.45, 7) is 2.71. The Hall–Kier alpha value is -2.29. The molecule has 0 saturated carbocycles. The van der Waals surface area contributed by atoms with Gasteiger partial charge in [0.2, 0.25) is 15.9 Å². The van der Waals surface area contributed by atoms with Gasteiger partial charge in [-0.05, 0) is 42.4 Å². The molecule has 1 aliphatic rings. The van der Waals surface area contributed by atoms with Crippen LogP contribution < -0.4 is 5.32 Å². The van der Waals surface area contributed by atoms with Crippen LogP contribution in [0.1, 0.15) is 11.1 Å². The van der Waals surface area contributed by atoms with Crippen molar-refractivity contribution in [3.8, 4) is 0 Å². The third kappa shape index (κ3) is 5.15. The predicted octanol–water partition coefficient (Wildman–Crippen LogP) is 1.62. The fourth-order valence-corrected chi connectivity index (χ4v) is 4.43. The lowest BCUT2D eigenvalue weighted by Crippen LogP contribution is -2.47. The van der Waals surface area contributed by atoms with Gasteiger partial charge in [-0.25, -0.2) is 12.8 Å². The van der Waals surface area contributed by atoms with Crippen LogP contribution in [-0.4, -0.2) is 56.8 Å². The third-order valence-electron chi connectivity index (χ3n) is 4.79. The minimum atomic E-state index is -3.49. The average molecular weight is 405 g/mol. The van der Waals surface area contributed by atoms with Crippen molar-refractivity contribution in [2.75, 3.05) is 33.2 Å². The van der Waals surface area contributed by atoms with E-state index in [-0.39, 0.29) is 23.0 Å². The summed E-state index contributed by atoms with van der Waals surface area (Å²) in [7, 11) is -1.51. The number of halogens is 1. The van der Waals surface area contributed by atoms with E-state index < -0.39 is 10.0 Å². The first-order chi connectivity index (χ1) is 13.3. The molecule has 0 aromatic heterocycles. The van der Waals surface area contributed by atoms with Crippen LogP contribution >= 0.6 is 0 Å². The van der Waals surface area contributed by atoms with E-state index in [1.807, 2.05) is 7.05 Å². The molecule has 2 aromatic rings. The van der Waals surface area contributed by atoms with E-state index in [1.54, 1.807) is 36.4 Å². The van der Waals surface area contributed by atoms with E-state index in [0.717, 1.165) is 24.2 Å². The monoisotopic (exact) mass is 405 g/mol. The number of carbonyl (C=O) groups excluding carboxylic acids is 1. The normalized spacial score (nSPS) is 16.1. The number of hydrogen-bond donors (Lipinski definition) is 1. The van der Waals surface area contributed by atoms with Crippen molar-refractivity contribution in [2.45, 2.75) is 17.9 Å². The molecule has 0 spiro atoms. The van der Waals surface area contributed by atoms with Crippen molar-refractivity contribution in [1.82, 2.24) is 14.5 Å². The number of likely N-dealkylation sites (N-methyl/N-ethyl adjacent to an activating group) is 1. The van der Waals surface area contributed by atoms with Crippen LogP contribution in [0.3, 0.4) is 0 Å². The highest BCUT2D eigenvalue weighted by Crippen LogP contribution is 2.18. The number of amides is 1. The van der Waals surface area contributed by atoms with Gasteiger partial charge < -0.3 is 10.2 Å². The highest BCUT2D eigenvalue weighted by molar-refractivity contribution is 7.89. The fourth-order valence-electron chi connectivity index (χ4n) is 3.01. The molecule has 8 heteroatoms. The van der Waals surface area contributed by atoms with E-state index in [1.165, 1.54) is 16.4 Å². The Bertz CT molecular complexity index is 907. The summed E-state index contributed by atoms with van der Waals surface area (Å²) in [4.78, 5) is 14.4. The number of piperazine rings is 1. The molecule has 1 N–H and O–H groups in total. The Kier molecular flexibility index (Phi) is 6.43. The molecule has 1 saturated heterocycles. The van der Waals surface area contributed by atoms with Gasteiger partial charge in [0.15, 0.2) is 0 Å². The summed E-state index contributed by atoms with van der Waals surface area (Å²) >= 11 is 0. The van der Waals surface area contributed by atoms with Gasteiger partial charge in [-0.3, -0.25) is 4.79 Å². The molecule has 6 nitrogen and oxygen atoms in total. The van der Waals surface area contributed by atoms with Crippen molar-refractivity contribution in [3.63, 3.8) is 0 Å². The number of rotatable bonds is 6. The number of hydrogen-bond acceptors (Lipinski definition) is 4. The molecular weight excluding hydrogens is 381 g/mol. The fraction of sp³-hybridized carbons (Fsp3) is 0.350. The molecule has 1 heterocycles. The average Bonchev–Trinajstić information content (AvgIpc) is 2.69. The minimum Gasteiger partial charge on any atom is -0.352 e. The second kappa shape index (κ2) is 8.81. The third-order valence-corrected chi connectivity index (χ3v) is 6.70. The molecule has 2 aromatic carbocycles. The molecule has 1 fully saturated rings. The Morgan fingerprint density at radius 2 is 1.54 bits per heavy atom. The van der Waals surface area contributed by atoms with Crippen LogP contribution in [0, 0.1) is 5.82 Å². The standard InChI is InChI=1S/C20H24FN3O3S/c1-23-10-12-24(13-11-23)28(26,27)19-8-4-17(5-9-19)15-22-20(25)14-16-2-6-18(21)7-3-16/h2-9H,10-15H2,1H3,(H,22,25). The highest BCUT2D eigenvalue weighted by Gasteiger charge is 2.27. The molecule has 3 rings (SSSR count). The molecular formula is C20H24FN3O3S. The Labute approximate surface area is 165 Å². The topological polar surface area (TPSA) is 69.7 Å². The maximum atomic E-state index is 12.9. The number of nitrogens with one attached hydrogen (secondary N) is 1. The summed E-state index contributed by atoms with van der Waals surface area (Å²) < 4.78 is 39.8. The summed E-state index contributed by atoms with van der Waals surface area (Å²) in [6, 6.07) is 12.4. The molecule has 150 valence electrons. The van der Waals surface area contributed by atoms with Gasteiger partial charge in [0, 0.05) is 32.7 Å². The summed E-state index contributed by atoms with van der Waals surface area (Å²) in [5.74, 6) is -0.517. The van der Waals surface area contributed by atoms with Gasteiger partial charge >= 0.3 is 0 Å². The van der Waals surface area contributed by atoms with Gasteiger partial charge in [0.25, 0.3) is 0 Å². The molecule has 0 aliphatic carbocycles. The van der Waals surface area contributed by atoms with Crippen LogP contribution in [0.4, 0.5) is 4.39 Å². The van der Waals surface area contributed by atoms with E-state index >= 15 is 0 Å². The SMILES string of the molecule is CN1CCN(S(=O)(=O)c2ccc(CNC(=O)Cc3ccc(F)cc3)cc2)CC1. The highest BCUT2D eigenvalue weighted by atomic mass is 32.2. The van der Waals surface area contributed by atoms with Crippen LogP contribution in [-0.2, 0) is 27.8 Å². The summed E-state index contributed by atoms with van der Waals surface area (Å²) in [5.41, 5.74) is 1.54. The molecule has 1 amide bonds. The molecule has 0 bridgehead atoms. The lowest BCUT2D eigenvalue weighted by atomic mass is 10.1. The second-order valence-electron chi connectivity index (χ2n) is 6.93. The molecule has 0 radical (unpaired) electrons. The van der Waals surface area contributed by atoms with Gasteiger partial charge in [-0.1, -0.05) is 24.3 Å². The summed E-state index contributed by atoms with van der Waals surface area (Å²) in [6.07, 6.45) is 0.163. The molecule has 0 unspecified atom stereocenters. The Morgan fingerprint density at radius 1 is 0.964 bits per heavy atom. The smallest absolute Gasteiger partial charge is 0.243 e. The molecule has 28 heavy (non-hydrogen) atoms. The number of benzene rings is 2. The van der Waals surface area contributed by atoms with Crippen LogP contribution in [0.25, 0.3) is 0 Å². The van der Waals surface area contributed by atoms with E-state index in [2.05, 4.69) is 10.2 Å². The number of sulfonamides is 1. The molecule has 0 atom stereocenters. The van der Waals surface area contributed by atoms with Crippen molar-refractivity contribution >= 4 is 15.9 Å². The zero-order valence-corrected chi connectivity index (χ0v) is 16.6. The van der Waals surface area contributed by atoms with Gasteiger partial charge in [0.05, 0.1) is 11.3 Å². The zero-order valence-electron chi connectivity index (χ0n) is 15.8.